The molecule has 0 unspecified atom stereocenters. The van der Waals surface area contributed by atoms with Gasteiger partial charge in [-0.05, 0) is 48.5 Å². The summed E-state index contributed by atoms with van der Waals surface area (Å²) in [7, 11) is 0. The topological polar surface area (TPSA) is 65.4 Å². The lowest BCUT2D eigenvalue weighted by Crippen LogP contribution is -2.02. The summed E-state index contributed by atoms with van der Waals surface area (Å²) < 4.78 is 7.56. The molecule has 0 fully saturated rings. The summed E-state index contributed by atoms with van der Waals surface area (Å²) in [5.41, 5.74) is 7.61. The molecular formula is C18H13ClN4O. The Balaban J connectivity index is 1.69. The van der Waals surface area contributed by atoms with Crippen molar-refractivity contribution in [3.05, 3.63) is 71.9 Å². The first-order valence-corrected chi connectivity index (χ1v) is 7.71. The first-order chi connectivity index (χ1) is 11.7. The quantitative estimate of drug-likeness (QED) is 0.601. The minimum absolute atomic E-state index is 0.439. The molecule has 0 spiro atoms. The van der Waals surface area contributed by atoms with E-state index >= 15 is 0 Å². The number of nitrogens with zero attached hydrogens (tertiary/aromatic N) is 3. The van der Waals surface area contributed by atoms with Gasteiger partial charge in [0.05, 0.1) is 0 Å². The van der Waals surface area contributed by atoms with Crippen LogP contribution in [0, 0.1) is 0 Å². The van der Waals surface area contributed by atoms with E-state index in [1.807, 2.05) is 54.7 Å². The highest BCUT2D eigenvalue weighted by molar-refractivity contribution is 6.30. The van der Waals surface area contributed by atoms with Gasteiger partial charge in [-0.1, -0.05) is 23.7 Å². The molecule has 0 saturated heterocycles. The van der Waals surface area contributed by atoms with Crippen molar-refractivity contribution in [3.63, 3.8) is 0 Å². The summed E-state index contributed by atoms with van der Waals surface area (Å²) in [5, 5.41) is 5.15. The van der Waals surface area contributed by atoms with Crippen LogP contribution in [0.4, 0.5) is 5.82 Å². The molecule has 0 bridgehead atoms. The number of anilines is 1. The van der Waals surface area contributed by atoms with Gasteiger partial charge in [0.15, 0.2) is 11.6 Å². The van der Waals surface area contributed by atoms with Gasteiger partial charge >= 0.3 is 0 Å². The van der Waals surface area contributed by atoms with Crippen LogP contribution in [-0.4, -0.2) is 14.6 Å². The lowest BCUT2D eigenvalue weighted by Gasteiger charge is -2.08. The average Bonchev–Trinajstić information content (AvgIpc) is 3.06. The summed E-state index contributed by atoms with van der Waals surface area (Å²) in [6.07, 6.45) is 1.84. The highest BCUT2D eigenvalue weighted by atomic mass is 35.5. The molecule has 5 nitrogen and oxygen atoms in total. The van der Waals surface area contributed by atoms with Gasteiger partial charge in [0.1, 0.15) is 17.0 Å². The maximum absolute atomic E-state index is 6.00. The molecule has 4 aromatic rings. The predicted octanol–water partition coefficient (Wildman–Crippen LogP) is 4.42. The monoisotopic (exact) mass is 336 g/mol. The summed E-state index contributed by atoms with van der Waals surface area (Å²) >= 11 is 5.89. The van der Waals surface area contributed by atoms with Crippen molar-refractivity contribution in [1.29, 1.82) is 0 Å². The van der Waals surface area contributed by atoms with Crippen LogP contribution >= 0.6 is 11.6 Å². The molecular weight excluding hydrogens is 324 g/mol. The number of nitrogen functional groups attached to an aromatic ring is 1. The molecule has 118 valence electrons. The van der Waals surface area contributed by atoms with Crippen LogP contribution < -0.4 is 10.5 Å². The summed E-state index contributed by atoms with van der Waals surface area (Å²) in [4.78, 5) is 4.38. The fourth-order valence-corrected chi connectivity index (χ4v) is 2.54. The second kappa shape index (κ2) is 5.86. The third-order valence-electron chi connectivity index (χ3n) is 3.56. The van der Waals surface area contributed by atoms with Gasteiger partial charge in [-0.3, -0.25) is 0 Å². The van der Waals surface area contributed by atoms with Crippen LogP contribution in [0.2, 0.25) is 5.02 Å². The molecule has 0 atom stereocenters. The van der Waals surface area contributed by atoms with Gasteiger partial charge in [0.25, 0.3) is 0 Å². The number of aromatic nitrogens is 3. The van der Waals surface area contributed by atoms with E-state index in [0.717, 1.165) is 11.1 Å². The third-order valence-corrected chi connectivity index (χ3v) is 3.81. The van der Waals surface area contributed by atoms with Crippen LogP contribution in [0.25, 0.3) is 16.9 Å². The van der Waals surface area contributed by atoms with Gasteiger partial charge in [-0.15, -0.1) is 5.10 Å². The zero-order valence-electron chi connectivity index (χ0n) is 12.6. The maximum Gasteiger partial charge on any atom is 0.182 e. The number of benzene rings is 2. The first-order valence-electron chi connectivity index (χ1n) is 7.34. The highest BCUT2D eigenvalue weighted by Crippen LogP contribution is 2.27. The average molecular weight is 337 g/mol. The van der Waals surface area contributed by atoms with Crippen molar-refractivity contribution in [3.8, 4) is 22.9 Å². The van der Waals surface area contributed by atoms with Crippen LogP contribution in [0.1, 0.15) is 0 Å². The van der Waals surface area contributed by atoms with Gasteiger partial charge in [-0.25, -0.2) is 9.50 Å². The van der Waals surface area contributed by atoms with Crippen molar-refractivity contribution in [2.24, 2.45) is 0 Å². The Morgan fingerprint density at radius 1 is 0.958 bits per heavy atom. The summed E-state index contributed by atoms with van der Waals surface area (Å²) in [6.45, 7) is 0. The number of rotatable bonds is 3. The Bertz CT molecular complexity index is 1010. The molecule has 2 aromatic heterocycles. The SMILES string of the molecule is Nc1nc(-c2cccc(Oc3ccc(Cl)cc3)c2)nn2cccc12. The molecule has 0 radical (unpaired) electrons. The van der Waals surface area contributed by atoms with E-state index in [9.17, 15) is 0 Å². The first kappa shape index (κ1) is 14.5. The Labute approximate surface area is 143 Å². The third kappa shape index (κ3) is 2.77. The Hall–Kier alpha value is -3.05. The normalized spacial score (nSPS) is 10.9. The van der Waals surface area contributed by atoms with Crippen molar-refractivity contribution in [1.82, 2.24) is 14.6 Å². The molecule has 0 amide bonds. The smallest absolute Gasteiger partial charge is 0.182 e. The van der Waals surface area contributed by atoms with E-state index in [-0.39, 0.29) is 0 Å². The predicted molar refractivity (Wildman–Crippen MR) is 94.4 cm³/mol. The van der Waals surface area contributed by atoms with Crippen LogP contribution in [0.5, 0.6) is 11.5 Å². The van der Waals surface area contributed by atoms with Gasteiger partial charge in [0, 0.05) is 16.8 Å². The number of ether oxygens (including phenoxy) is 1. The summed E-state index contributed by atoms with van der Waals surface area (Å²) in [6, 6.07) is 18.5. The van der Waals surface area contributed by atoms with E-state index in [1.54, 1.807) is 16.6 Å². The van der Waals surface area contributed by atoms with Crippen molar-refractivity contribution >= 4 is 22.9 Å². The minimum atomic E-state index is 0.439. The second-order valence-electron chi connectivity index (χ2n) is 5.24. The fourth-order valence-electron chi connectivity index (χ4n) is 2.42. The molecule has 4 rings (SSSR count). The van der Waals surface area contributed by atoms with E-state index in [2.05, 4.69) is 10.1 Å². The number of fused-ring (bicyclic) bond motifs is 1. The maximum atomic E-state index is 6.00. The Morgan fingerprint density at radius 3 is 2.62 bits per heavy atom. The zero-order chi connectivity index (χ0) is 16.5. The molecule has 24 heavy (non-hydrogen) atoms. The second-order valence-corrected chi connectivity index (χ2v) is 5.68. The lowest BCUT2D eigenvalue weighted by molar-refractivity contribution is 0.483. The minimum Gasteiger partial charge on any atom is -0.457 e. The number of hydrogen-bond acceptors (Lipinski definition) is 4. The molecule has 0 aliphatic heterocycles. The van der Waals surface area contributed by atoms with E-state index in [1.165, 1.54) is 0 Å². The van der Waals surface area contributed by atoms with Crippen LogP contribution in [0.3, 0.4) is 0 Å². The molecule has 2 heterocycles. The van der Waals surface area contributed by atoms with Crippen molar-refractivity contribution < 1.29 is 4.74 Å². The van der Waals surface area contributed by atoms with Crippen LogP contribution in [-0.2, 0) is 0 Å². The van der Waals surface area contributed by atoms with E-state index in [0.29, 0.717) is 28.2 Å². The van der Waals surface area contributed by atoms with Gasteiger partial charge < -0.3 is 10.5 Å². The molecule has 2 aromatic carbocycles. The Morgan fingerprint density at radius 2 is 1.79 bits per heavy atom. The molecule has 2 N–H and O–H groups in total. The molecule has 6 heteroatoms. The van der Waals surface area contributed by atoms with E-state index < -0.39 is 0 Å². The van der Waals surface area contributed by atoms with Gasteiger partial charge in [-0.2, -0.15) is 0 Å². The molecule has 0 aliphatic rings. The number of halogens is 1. The number of hydrogen-bond donors (Lipinski definition) is 1. The van der Waals surface area contributed by atoms with Gasteiger partial charge in [0.2, 0.25) is 0 Å². The zero-order valence-corrected chi connectivity index (χ0v) is 13.3. The largest absolute Gasteiger partial charge is 0.457 e. The number of nitrogens with two attached hydrogens (primary N) is 1. The van der Waals surface area contributed by atoms with Crippen molar-refractivity contribution in [2.75, 3.05) is 5.73 Å². The van der Waals surface area contributed by atoms with E-state index in [4.69, 9.17) is 22.1 Å². The lowest BCUT2D eigenvalue weighted by atomic mass is 10.2. The fraction of sp³-hybridized carbons (Fsp3) is 0. The Kier molecular flexibility index (Phi) is 3.55. The highest BCUT2D eigenvalue weighted by Gasteiger charge is 2.08. The standard InChI is InChI=1S/C18H13ClN4O/c19-13-6-8-14(9-7-13)24-15-4-1-3-12(11-15)18-21-17(20)16-5-2-10-23(16)22-18/h1-11H,(H2,20,21,22). The van der Waals surface area contributed by atoms with Crippen LogP contribution in [0.15, 0.2) is 66.9 Å². The molecule has 0 aliphatic carbocycles. The summed E-state index contributed by atoms with van der Waals surface area (Å²) in [5.74, 6) is 2.37. The molecule has 0 saturated carbocycles. The van der Waals surface area contributed by atoms with Crippen molar-refractivity contribution in [2.45, 2.75) is 0 Å².